The van der Waals surface area contributed by atoms with Gasteiger partial charge in [-0.3, -0.25) is 19.1 Å². The fraction of sp³-hybridized carbons (Fsp3) is 0.447. The summed E-state index contributed by atoms with van der Waals surface area (Å²) < 4.78 is 50.2. The number of aromatic nitrogens is 1. The van der Waals surface area contributed by atoms with Crippen molar-refractivity contribution in [3.05, 3.63) is 65.8 Å². The molecule has 0 unspecified atom stereocenters. The van der Waals surface area contributed by atoms with Gasteiger partial charge in [-0.2, -0.15) is 0 Å². The van der Waals surface area contributed by atoms with Gasteiger partial charge in [0.25, 0.3) is 5.91 Å². The second-order valence-electron chi connectivity index (χ2n) is 15.8. The molecule has 16 nitrogen and oxygen atoms in total. The Kier molecular flexibility index (Phi) is 10.7. The van der Waals surface area contributed by atoms with Gasteiger partial charge in [-0.05, 0) is 66.0 Å². The highest BCUT2D eigenvalue weighted by molar-refractivity contribution is 7.91. The van der Waals surface area contributed by atoms with Crippen LogP contribution in [0.4, 0.5) is 4.79 Å². The number of sulfonamides is 1. The summed E-state index contributed by atoms with van der Waals surface area (Å²) in [5.74, 6) is -2.09. The minimum atomic E-state index is -3.94. The number of carbonyl (C=O) groups excluding carboxylic acids is 4. The van der Waals surface area contributed by atoms with Crippen LogP contribution in [0.15, 0.2) is 55.3 Å². The van der Waals surface area contributed by atoms with Crippen molar-refractivity contribution in [2.24, 2.45) is 11.3 Å². The van der Waals surface area contributed by atoms with Crippen LogP contribution in [-0.4, -0.2) is 96.9 Å². The number of methoxy groups -OCH3 is 1. The van der Waals surface area contributed by atoms with Gasteiger partial charge < -0.3 is 39.4 Å². The zero-order valence-electron chi connectivity index (χ0n) is 31.7. The molecule has 1 aromatic heterocycles. The molecule has 1 saturated heterocycles. The fourth-order valence-electron chi connectivity index (χ4n) is 7.30. The van der Waals surface area contributed by atoms with Crippen LogP contribution in [0.5, 0.6) is 17.4 Å². The Hall–Kier alpha value is -4.91. The lowest BCUT2D eigenvalue weighted by molar-refractivity contribution is -0.142. The number of nitrogens with zero attached hydrogens (tertiary/aromatic N) is 2. The number of rotatable bonds is 12. The van der Waals surface area contributed by atoms with Crippen molar-refractivity contribution in [1.82, 2.24) is 25.2 Å². The second-order valence-corrected chi connectivity index (χ2v) is 18.2. The van der Waals surface area contributed by atoms with E-state index in [4.69, 9.17) is 30.5 Å². The lowest BCUT2D eigenvalue weighted by atomic mass is 9.79. The summed E-state index contributed by atoms with van der Waals surface area (Å²) in [6, 6.07) is 7.29. The number of hydrogen-bond donors (Lipinski definition) is 4. The number of halogens is 1. The van der Waals surface area contributed by atoms with E-state index in [0.717, 1.165) is 5.56 Å². The Morgan fingerprint density at radius 3 is 2.58 bits per heavy atom. The van der Waals surface area contributed by atoms with Crippen molar-refractivity contribution in [2.45, 2.75) is 82.0 Å². The van der Waals surface area contributed by atoms with E-state index < -0.39 is 81.3 Å². The summed E-state index contributed by atoms with van der Waals surface area (Å²) in [5, 5.41) is 16.5. The largest absolute Gasteiger partial charge is 0.494 e. The summed E-state index contributed by atoms with van der Waals surface area (Å²) in [5.41, 5.74) is -1.35. The number of amides is 4. The quantitative estimate of drug-likeness (QED) is 0.153. The summed E-state index contributed by atoms with van der Waals surface area (Å²) in [4.78, 5) is 61.7. The number of benzene rings is 2. The van der Waals surface area contributed by atoms with E-state index in [1.165, 1.54) is 36.4 Å². The first-order chi connectivity index (χ1) is 26.9. The summed E-state index contributed by atoms with van der Waals surface area (Å²) in [6.07, 6.45) is 2.06. The Bertz CT molecular complexity index is 2270. The lowest BCUT2D eigenvalue weighted by Gasteiger charge is -2.35. The molecule has 2 aliphatic heterocycles. The molecule has 4 aliphatic rings. The van der Waals surface area contributed by atoms with Gasteiger partial charge in [0.15, 0.2) is 0 Å². The molecule has 2 aromatic carbocycles. The Labute approximate surface area is 334 Å². The molecular weight excluding hydrogens is 781 g/mol. The van der Waals surface area contributed by atoms with Crippen molar-refractivity contribution >= 4 is 68.8 Å². The first-order valence-corrected chi connectivity index (χ1v) is 20.4. The fourth-order valence-corrected chi connectivity index (χ4v) is 8.83. The topological polar surface area (TPSA) is 212 Å². The maximum Gasteiger partial charge on any atom is 0.491 e. The lowest BCUT2D eigenvalue weighted by Crippen LogP contribution is -2.60. The number of carbonyl (C=O) groups is 4. The van der Waals surface area contributed by atoms with Gasteiger partial charge in [0.2, 0.25) is 27.7 Å². The molecule has 57 heavy (non-hydrogen) atoms. The maximum atomic E-state index is 14.7. The smallest absolute Gasteiger partial charge is 0.491 e. The normalized spacial score (nSPS) is 23.3. The second kappa shape index (κ2) is 15.1. The first-order valence-electron chi connectivity index (χ1n) is 18.4. The zero-order valence-corrected chi connectivity index (χ0v) is 33.3. The van der Waals surface area contributed by atoms with E-state index in [1.54, 1.807) is 45.0 Å². The van der Waals surface area contributed by atoms with Gasteiger partial charge in [-0.1, -0.05) is 44.5 Å². The average molecular weight is 824 g/mol. The van der Waals surface area contributed by atoms with Gasteiger partial charge in [-0.25, -0.2) is 18.2 Å². The van der Waals surface area contributed by atoms with Gasteiger partial charge in [0.1, 0.15) is 35.2 Å². The van der Waals surface area contributed by atoms with Gasteiger partial charge in [0, 0.05) is 28.1 Å². The molecule has 0 bridgehead atoms. The number of likely N-dealkylation sites (tertiary alicyclic amines) is 1. The summed E-state index contributed by atoms with van der Waals surface area (Å²) in [7, 11) is -3.61. The van der Waals surface area contributed by atoms with Crippen molar-refractivity contribution in [1.29, 1.82) is 0 Å². The molecule has 3 heterocycles. The minimum Gasteiger partial charge on any atom is -0.494 e. The summed E-state index contributed by atoms with van der Waals surface area (Å²) in [6.45, 7) is 9.02. The molecule has 19 heteroatoms. The number of hydrogen-bond acceptors (Lipinski definition) is 12. The van der Waals surface area contributed by atoms with E-state index >= 15 is 0 Å². The monoisotopic (exact) mass is 823 g/mol. The van der Waals surface area contributed by atoms with Crippen LogP contribution < -0.4 is 35.0 Å². The third-order valence-corrected chi connectivity index (χ3v) is 12.8. The molecule has 2 saturated carbocycles. The van der Waals surface area contributed by atoms with Gasteiger partial charge in [-0.15, -0.1) is 6.58 Å². The van der Waals surface area contributed by atoms with Crippen molar-refractivity contribution in [3.8, 4) is 17.4 Å². The molecule has 3 fully saturated rings. The van der Waals surface area contributed by atoms with Gasteiger partial charge in [0.05, 0.1) is 31.7 Å². The van der Waals surface area contributed by atoms with Crippen LogP contribution in [0.3, 0.4) is 0 Å². The Morgan fingerprint density at radius 2 is 1.91 bits per heavy atom. The number of nitrogens with one attached hydrogen (secondary N) is 3. The standard InChI is InChI=1S/C38H43BClN5O11S/c1-6-21-16-38(21,35(48)44-57(51,52)25-10-11-25)43-32(46)29-15-24(55-33-27-13-22(40)8-12-26(27)30(53-5)17-41-33)18-45(29)34(47)31(37(2,3)4)42-36(49)56-23-9-7-20-19-54-39(50)28(20)14-23/h6-9,12-14,17,21,24-25,29,31,50H,1,10-11,15-16,18-19H2,2-5H3,(H,42,49)(H,43,46)(H,44,48)/t21-,24-,29+,31-,38-/m1/s1. The third-order valence-electron chi connectivity index (χ3n) is 10.7. The average Bonchev–Trinajstić information content (AvgIpc) is 4.06. The van der Waals surface area contributed by atoms with Crippen LogP contribution in [-0.2, 0) is 35.7 Å². The van der Waals surface area contributed by atoms with E-state index in [2.05, 4.69) is 26.9 Å². The molecular formula is C38H43BClN5O11S. The highest BCUT2D eigenvalue weighted by Gasteiger charge is 2.62. The van der Waals surface area contributed by atoms with Crippen molar-refractivity contribution in [2.75, 3.05) is 13.7 Å². The number of pyridine rings is 1. The molecule has 302 valence electrons. The van der Waals surface area contributed by atoms with Crippen LogP contribution >= 0.6 is 11.6 Å². The Morgan fingerprint density at radius 1 is 1.16 bits per heavy atom. The highest BCUT2D eigenvalue weighted by atomic mass is 35.5. The van der Waals surface area contributed by atoms with E-state index in [0.29, 0.717) is 39.8 Å². The minimum absolute atomic E-state index is 0.0645. The van der Waals surface area contributed by atoms with Crippen LogP contribution in [0, 0.1) is 11.3 Å². The summed E-state index contributed by atoms with van der Waals surface area (Å²) >= 11 is 6.34. The van der Waals surface area contributed by atoms with Crippen molar-refractivity contribution < 1.29 is 51.5 Å². The van der Waals surface area contributed by atoms with Crippen LogP contribution in [0.2, 0.25) is 5.02 Å². The predicted octanol–water partition coefficient (Wildman–Crippen LogP) is 2.34. The first kappa shape index (κ1) is 40.3. The number of ether oxygens (including phenoxy) is 3. The molecule has 5 atom stereocenters. The molecule has 4 N–H and O–H groups in total. The van der Waals surface area contributed by atoms with Crippen LogP contribution in [0.1, 0.15) is 52.0 Å². The Balaban J connectivity index is 1.17. The van der Waals surface area contributed by atoms with Gasteiger partial charge >= 0.3 is 13.2 Å². The van der Waals surface area contributed by atoms with Crippen molar-refractivity contribution in [3.63, 3.8) is 0 Å². The zero-order chi connectivity index (χ0) is 41.0. The molecule has 3 aromatic rings. The number of fused-ring (bicyclic) bond motifs is 2. The molecule has 2 aliphatic carbocycles. The molecule has 7 rings (SSSR count). The van der Waals surface area contributed by atoms with E-state index in [9.17, 15) is 32.6 Å². The maximum absolute atomic E-state index is 14.7. The SMILES string of the molecule is C=C[C@@H]1C[C@]1(NC(=O)[C@@H]1C[C@@H](Oc2ncc(OC)c3ccc(Cl)cc23)CN1C(=O)[C@@H](NC(=O)Oc1ccc2c(c1)B(O)OC2)C(C)(C)C)C(=O)NS(=O)(=O)C1CC1. The van der Waals surface area contributed by atoms with E-state index in [1.807, 2.05) is 0 Å². The van der Waals surface area contributed by atoms with Crippen LogP contribution in [0.25, 0.3) is 10.8 Å². The third kappa shape index (κ3) is 8.13. The highest BCUT2D eigenvalue weighted by Crippen LogP contribution is 2.46. The molecule has 0 spiro atoms. The van der Waals surface area contributed by atoms with E-state index in [-0.39, 0.29) is 37.6 Å². The molecule has 0 radical (unpaired) electrons. The predicted molar refractivity (Wildman–Crippen MR) is 208 cm³/mol. The molecule has 4 amide bonds.